The Kier molecular flexibility index (Phi) is 5.84. The van der Waals surface area contributed by atoms with Gasteiger partial charge < -0.3 is 9.26 Å². The molecular weight excluding hydrogens is 526 g/mol. The number of fused-ring (bicyclic) bond motifs is 1. The predicted octanol–water partition coefficient (Wildman–Crippen LogP) is 5.87. The Morgan fingerprint density at radius 2 is 1.86 bits per heavy atom. The molecule has 190 valence electrons. The Morgan fingerprint density at radius 3 is 2.65 bits per heavy atom. The van der Waals surface area contributed by atoms with Gasteiger partial charge in [0.25, 0.3) is 15.9 Å². The van der Waals surface area contributed by atoms with E-state index in [9.17, 15) is 17.2 Å². The molecule has 0 N–H and O–H groups in total. The number of rotatable bonds is 6. The van der Waals surface area contributed by atoms with Gasteiger partial charge in [0.05, 0.1) is 10.6 Å². The molecule has 12 heteroatoms. The maximum Gasteiger partial charge on any atom is 0.264 e. The van der Waals surface area contributed by atoms with E-state index in [2.05, 4.69) is 15.1 Å². The molecule has 37 heavy (non-hydrogen) atoms. The number of sulfonamides is 1. The Balaban J connectivity index is 1.31. The minimum Gasteiger partial charge on any atom is -0.439 e. The highest BCUT2D eigenvalue weighted by Gasteiger charge is 2.31. The average Bonchev–Trinajstić information content (AvgIpc) is 3.61. The highest BCUT2D eigenvalue weighted by atomic mass is 35.5. The highest BCUT2D eigenvalue weighted by Crippen LogP contribution is 2.40. The number of anilines is 1. The molecular formula is C25H19ClF2N4O4S. The molecule has 4 aromatic rings. The van der Waals surface area contributed by atoms with Crippen LogP contribution in [0.2, 0.25) is 5.15 Å². The highest BCUT2D eigenvalue weighted by molar-refractivity contribution is 7.92. The summed E-state index contributed by atoms with van der Waals surface area (Å²) in [5, 5.41) is 4.17. The number of hydrogen-bond acceptors (Lipinski definition) is 7. The third-order valence-electron chi connectivity index (χ3n) is 6.24. The van der Waals surface area contributed by atoms with Crippen LogP contribution in [0.25, 0.3) is 11.5 Å². The lowest BCUT2D eigenvalue weighted by molar-refractivity contribution is 0.421. The first kappa shape index (κ1) is 23.8. The largest absolute Gasteiger partial charge is 0.439 e. The summed E-state index contributed by atoms with van der Waals surface area (Å²) in [6.45, 7) is 0.178. The van der Waals surface area contributed by atoms with Crippen LogP contribution in [0, 0.1) is 11.6 Å². The van der Waals surface area contributed by atoms with Crippen LogP contribution in [-0.2, 0) is 16.4 Å². The molecule has 0 radical (unpaired) electrons. The Morgan fingerprint density at radius 1 is 1.03 bits per heavy atom. The van der Waals surface area contributed by atoms with E-state index in [1.54, 1.807) is 30.3 Å². The quantitative estimate of drug-likeness (QED) is 0.280. The summed E-state index contributed by atoms with van der Waals surface area (Å²) in [5.74, 6) is -0.607. The van der Waals surface area contributed by atoms with Gasteiger partial charge in [-0.1, -0.05) is 22.8 Å². The maximum absolute atomic E-state index is 13.8. The second-order valence-electron chi connectivity index (χ2n) is 8.90. The summed E-state index contributed by atoms with van der Waals surface area (Å²) in [5.41, 5.74) is 1.71. The number of aromatic nitrogens is 3. The fraction of sp³-hybridized carbons (Fsp3) is 0.240. The molecule has 8 nitrogen and oxygen atoms in total. The van der Waals surface area contributed by atoms with Gasteiger partial charge in [-0.3, -0.25) is 4.31 Å². The van der Waals surface area contributed by atoms with Gasteiger partial charge in [0, 0.05) is 30.2 Å². The van der Waals surface area contributed by atoms with Gasteiger partial charge >= 0.3 is 0 Å². The standard InChI is InChI=1S/C25H19ClF2N4O4S/c26-22-10-16(25-30-24(31-36-25)15-3-4-15)11-23(29-22)35-17-6-5-14-2-1-9-32(21(14)12-17)37(33,34)18-7-8-19(27)20(28)13-18/h5-8,10-13,15H,1-4,9H2. The normalized spacial score (nSPS) is 15.5. The van der Waals surface area contributed by atoms with Crippen molar-refractivity contribution >= 4 is 27.3 Å². The van der Waals surface area contributed by atoms with Crippen LogP contribution < -0.4 is 9.04 Å². The molecule has 0 bridgehead atoms. The van der Waals surface area contributed by atoms with Crippen molar-refractivity contribution in [2.45, 2.75) is 36.5 Å². The summed E-state index contributed by atoms with van der Waals surface area (Å²) in [4.78, 5) is 8.29. The molecule has 0 saturated heterocycles. The molecule has 1 aliphatic heterocycles. The molecule has 3 heterocycles. The first-order valence-corrected chi connectivity index (χ1v) is 13.4. The lowest BCUT2D eigenvalue weighted by atomic mass is 10.0. The first-order valence-electron chi connectivity index (χ1n) is 11.6. The van der Waals surface area contributed by atoms with E-state index in [0.29, 0.717) is 53.5 Å². The maximum atomic E-state index is 13.8. The van der Waals surface area contributed by atoms with Gasteiger partial charge in [-0.15, -0.1) is 0 Å². The summed E-state index contributed by atoms with van der Waals surface area (Å²) in [7, 11) is -4.15. The van der Waals surface area contributed by atoms with E-state index in [-0.39, 0.29) is 22.5 Å². The zero-order chi connectivity index (χ0) is 25.7. The SMILES string of the molecule is O=S(=O)(c1ccc(F)c(F)c1)N1CCCc2ccc(Oc3cc(-c4nc(C5CC5)no4)cc(Cl)n3)cc21. The Labute approximate surface area is 215 Å². The molecule has 2 aromatic carbocycles. The van der Waals surface area contributed by atoms with Gasteiger partial charge in [-0.25, -0.2) is 22.2 Å². The summed E-state index contributed by atoms with van der Waals surface area (Å²) in [6, 6.07) is 10.8. The topological polar surface area (TPSA) is 98.4 Å². The Bertz CT molecular complexity index is 1620. The number of ether oxygens (including phenoxy) is 1. The first-order chi connectivity index (χ1) is 17.8. The zero-order valence-electron chi connectivity index (χ0n) is 19.2. The second kappa shape index (κ2) is 9.07. The molecule has 1 saturated carbocycles. The molecule has 1 aliphatic carbocycles. The lowest BCUT2D eigenvalue weighted by Gasteiger charge is -2.30. The summed E-state index contributed by atoms with van der Waals surface area (Å²) < 4.78 is 66.3. The van der Waals surface area contributed by atoms with Crippen molar-refractivity contribution in [2.75, 3.05) is 10.8 Å². The summed E-state index contributed by atoms with van der Waals surface area (Å²) in [6.07, 6.45) is 3.29. The number of pyridine rings is 1. The van der Waals surface area contributed by atoms with E-state index in [0.717, 1.165) is 30.5 Å². The number of nitrogens with zero attached hydrogens (tertiary/aromatic N) is 4. The molecule has 0 spiro atoms. The molecule has 2 aliphatic rings. The fourth-order valence-corrected chi connectivity index (χ4v) is 5.97. The van der Waals surface area contributed by atoms with Gasteiger partial charge in [-0.05, 0) is 61.6 Å². The third-order valence-corrected chi connectivity index (χ3v) is 8.24. The number of benzene rings is 2. The molecule has 0 atom stereocenters. The third kappa shape index (κ3) is 4.64. The van der Waals surface area contributed by atoms with Crippen molar-refractivity contribution in [1.29, 1.82) is 0 Å². The van der Waals surface area contributed by atoms with E-state index in [1.807, 2.05) is 0 Å². The van der Waals surface area contributed by atoms with E-state index >= 15 is 0 Å². The van der Waals surface area contributed by atoms with Crippen LogP contribution in [0.15, 0.2) is 57.9 Å². The van der Waals surface area contributed by atoms with Gasteiger partial charge in [0.15, 0.2) is 17.5 Å². The van der Waals surface area contributed by atoms with Crippen molar-refractivity contribution in [2.24, 2.45) is 0 Å². The van der Waals surface area contributed by atoms with Gasteiger partial charge in [-0.2, -0.15) is 4.98 Å². The molecule has 6 rings (SSSR count). The molecule has 0 amide bonds. The van der Waals surface area contributed by atoms with Crippen LogP contribution in [0.3, 0.4) is 0 Å². The summed E-state index contributed by atoms with van der Waals surface area (Å²) >= 11 is 6.21. The van der Waals surface area contributed by atoms with E-state index < -0.39 is 21.7 Å². The zero-order valence-corrected chi connectivity index (χ0v) is 20.8. The van der Waals surface area contributed by atoms with Crippen molar-refractivity contribution in [3.63, 3.8) is 0 Å². The van der Waals surface area contributed by atoms with Crippen LogP contribution in [0.1, 0.15) is 36.6 Å². The lowest BCUT2D eigenvalue weighted by Crippen LogP contribution is -2.35. The second-order valence-corrected chi connectivity index (χ2v) is 11.1. The van der Waals surface area contributed by atoms with E-state index in [1.165, 1.54) is 4.31 Å². The Hall–Kier alpha value is -3.57. The van der Waals surface area contributed by atoms with Crippen LogP contribution in [-0.4, -0.2) is 30.1 Å². The number of halogens is 3. The van der Waals surface area contributed by atoms with Crippen LogP contribution >= 0.6 is 11.6 Å². The molecule has 1 fully saturated rings. The number of hydrogen-bond donors (Lipinski definition) is 0. The van der Waals surface area contributed by atoms with Crippen molar-refractivity contribution < 1.29 is 26.5 Å². The van der Waals surface area contributed by atoms with Crippen LogP contribution in [0.5, 0.6) is 11.6 Å². The van der Waals surface area contributed by atoms with Crippen molar-refractivity contribution in [3.05, 3.63) is 76.7 Å². The van der Waals surface area contributed by atoms with Gasteiger partial charge in [0.2, 0.25) is 5.88 Å². The minimum atomic E-state index is -4.15. The smallest absolute Gasteiger partial charge is 0.264 e. The van der Waals surface area contributed by atoms with Crippen LogP contribution in [0.4, 0.5) is 14.5 Å². The van der Waals surface area contributed by atoms with Crippen molar-refractivity contribution in [3.8, 4) is 23.1 Å². The van der Waals surface area contributed by atoms with Crippen molar-refractivity contribution in [1.82, 2.24) is 15.1 Å². The monoisotopic (exact) mass is 544 g/mol. The number of aryl methyl sites for hydroxylation is 1. The average molecular weight is 545 g/mol. The van der Waals surface area contributed by atoms with E-state index in [4.69, 9.17) is 20.9 Å². The molecule has 2 aromatic heterocycles. The predicted molar refractivity (Wildman–Crippen MR) is 130 cm³/mol. The minimum absolute atomic E-state index is 0.152. The van der Waals surface area contributed by atoms with Gasteiger partial charge in [0.1, 0.15) is 10.9 Å². The fourth-order valence-electron chi connectivity index (χ4n) is 4.23. The molecule has 0 unspecified atom stereocenters.